The lowest BCUT2D eigenvalue weighted by Crippen LogP contribution is -2.28. The lowest BCUT2D eigenvalue weighted by Gasteiger charge is -2.18. The summed E-state index contributed by atoms with van der Waals surface area (Å²) < 4.78 is 28.1. The number of benzene rings is 1. The highest BCUT2D eigenvalue weighted by molar-refractivity contribution is 7.85. The van der Waals surface area contributed by atoms with E-state index in [1.807, 2.05) is 0 Å². The molecule has 1 aromatic carbocycles. The molecule has 0 saturated carbocycles. The molecule has 1 heterocycles. The summed E-state index contributed by atoms with van der Waals surface area (Å²) in [5, 5.41) is 2.69. The second-order valence-corrected chi connectivity index (χ2v) is 5.76. The van der Waals surface area contributed by atoms with Gasteiger partial charge in [0.25, 0.3) is 10.1 Å². The Morgan fingerprint density at radius 2 is 2.11 bits per heavy atom. The molecular formula is C12H16N2O4S. The summed E-state index contributed by atoms with van der Waals surface area (Å²) in [7, 11) is -3.61. The van der Waals surface area contributed by atoms with Crippen LogP contribution in [0.1, 0.15) is 12.5 Å². The van der Waals surface area contributed by atoms with Gasteiger partial charge < -0.3 is 5.32 Å². The maximum absolute atomic E-state index is 11.7. The molecule has 1 aromatic rings. The molecule has 2 rings (SSSR count). The molecule has 0 radical (unpaired) electrons. The SMILES string of the molecule is CCOS(=O)(=O)Cc1ccccc1N1CCNC1=O. The van der Waals surface area contributed by atoms with Gasteiger partial charge in [0.2, 0.25) is 0 Å². The first-order valence-corrected chi connectivity index (χ1v) is 7.61. The van der Waals surface area contributed by atoms with Crippen molar-refractivity contribution in [1.29, 1.82) is 0 Å². The number of para-hydroxylation sites is 1. The second kappa shape index (κ2) is 5.58. The van der Waals surface area contributed by atoms with Crippen LogP contribution in [-0.2, 0) is 20.1 Å². The summed E-state index contributed by atoms with van der Waals surface area (Å²) in [6.07, 6.45) is 0. The largest absolute Gasteiger partial charge is 0.336 e. The van der Waals surface area contributed by atoms with Crippen LogP contribution in [0.15, 0.2) is 24.3 Å². The van der Waals surface area contributed by atoms with Gasteiger partial charge in [0.05, 0.1) is 6.61 Å². The maximum atomic E-state index is 11.7. The first-order chi connectivity index (χ1) is 9.03. The van der Waals surface area contributed by atoms with Crippen LogP contribution in [-0.4, -0.2) is 34.1 Å². The van der Waals surface area contributed by atoms with Crippen LogP contribution >= 0.6 is 0 Å². The zero-order chi connectivity index (χ0) is 13.9. The second-order valence-electron chi connectivity index (χ2n) is 4.12. The van der Waals surface area contributed by atoms with Gasteiger partial charge in [0.1, 0.15) is 5.75 Å². The van der Waals surface area contributed by atoms with E-state index in [-0.39, 0.29) is 18.4 Å². The predicted octanol–water partition coefficient (Wildman–Crippen LogP) is 1.08. The van der Waals surface area contributed by atoms with E-state index in [1.165, 1.54) is 4.90 Å². The standard InChI is InChI=1S/C12H16N2O4S/c1-2-18-19(16,17)9-10-5-3-4-6-11(10)14-8-7-13-12(14)15/h3-6H,2,7-9H2,1H3,(H,13,15). The summed E-state index contributed by atoms with van der Waals surface area (Å²) in [5.74, 6) is -0.235. The summed E-state index contributed by atoms with van der Waals surface area (Å²) >= 11 is 0. The summed E-state index contributed by atoms with van der Waals surface area (Å²) in [5.41, 5.74) is 1.17. The Balaban J connectivity index is 2.29. The molecule has 1 saturated heterocycles. The van der Waals surface area contributed by atoms with Crippen LogP contribution in [0.4, 0.5) is 10.5 Å². The number of nitrogens with one attached hydrogen (secondary N) is 1. The van der Waals surface area contributed by atoms with Crippen LogP contribution in [0.25, 0.3) is 0 Å². The number of anilines is 1. The van der Waals surface area contributed by atoms with Crippen molar-refractivity contribution in [3.63, 3.8) is 0 Å². The van der Waals surface area contributed by atoms with Gasteiger partial charge in [-0.1, -0.05) is 18.2 Å². The van der Waals surface area contributed by atoms with Crippen molar-refractivity contribution < 1.29 is 17.4 Å². The third-order valence-electron chi connectivity index (χ3n) is 2.77. The van der Waals surface area contributed by atoms with Crippen molar-refractivity contribution in [3.05, 3.63) is 29.8 Å². The number of carbonyl (C=O) groups is 1. The molecule has 0 aromatic heterocycles. The van der Waals surface area contributed by atoms with Gasteiger partial charge in [0, 0.05) is 18.8 Å². The Labute approximate surface area is 112 Å². The summed E-state index contributed by atoms with van der Waals surface area (Å²) in [6, 6.07) is 6.74. The highest BCUT2D eigenvalue weighted by Crippen LogP contribution is 2.24. The minimum atomic E-state index is -3.61. The fourth-order valence-corrected chi connectivity index (χ4v) is 3.08. The molecule has 104 valence electrons. The number of hydrogen-bond acceptors (Lipinski definition) is 4. The number of urea groups is 1. The summed E-state index contributed by atoms with van der Waals surface area (Å²) in [4.78, 5) is 13.2. The third kappa shape index (κ3) is 3.24. The van der Waals surface area contributed by atoms with Gasteiger partial charge in [0.15, 0.2) is 0 Å². The fraction of sp³-hybridized carbons (Fsp3) is 0.417. The Bertz CT molecular complexity index is 571. The minimum absolute atomic E-state index is 0.106. The topological polar surface area (TPSA) is 75.7 Å². The molecule has 2 amide bonds. The number of hydrogen-bond donors (Lipinski definition) is 1. The van der Waals surface area contributed by atoms with Crippen LogP contribution in [0, 0.1) is 0 Å². The highest BCUT2D eigenvalue weighted by atomic mass is 32.2. The normalized spacial score (nSPS) is 15.6. The first-order valence-electron chi connectivity index (χ1n) is 6.04. The van der Waals surface area contributed by atoms with E-state index in [1.54, 1.807) is 31.2 Å². The van der Waals surface area contributed by atoms with Crippen LogP contribution in [0.2, 0.25) is 0 Å². The molecule has 1 aliphatic rings. The van der Waals surface area contributed by atoms with Crippen LogP contribution in [0.3, 0.4) is 0 Å². The molecule has 1 aliphatic heterocycles. The average Bonchev–Trinajstić information content (AvgIpc) is 2.75. The van der Waals surface area contributed by atoms with E-state index in [4.69, 9.17) is 4.18 Å². The van der Waals surface area contributed by atoms with Gasteiger partial charge in [-0.25, -0.2) is 4.79 Å². The molecule has 6 nitrogen and oxygen atoms in total. The van der Waals surface area contributed by atoms with Gasteiger partial charge in [-0.05, 0) is 18.6 Å². The Morgan fingerprint density at radius 3 is 2.74 bits per heavy atom. The van der Waals surface area contributed by atoms with Crippen molar-refractivity contribution in [2.75, 3.05) is 24.6 Å². The molecular weight excluding hydrogens is 268 g/mol. The smallest absolute Gasteiger partial charge is 0.322 e. The molecule has 7 heteroatoms. The molecule has 0 unspecified atom stereocenters. The Morgan fingerprint density at radius 1 is 1.37 bits per heavy atom. The van der Waals surface area contributed by atoms with E-state index in [0.717, 1.165) is 0 Å². The van der Waals surface area contributed by atoms with Crippen molar-refractivity contribution >= 4 is 21.8 Å². The fourth-order valence-electron chi connectivity index (χ4n) is 2.01. The number of amides is 2. The number of rotatable bonds is 5. The van der Waals surface area contributed by atoms with Crippen molar-refractivity contribution in [2.45, 2.75) is 12.7 Å². The molecule has 0 aliphatic carbocycles. The van der Waals surface area contributed by atoms with Gasteiger partial charge in [-0.3, -0.25) is 9.08 Å². The molecule has 19 heavy (non-hydrogen) atoms. The number of carbonyl (C=O) groups excluding carboxylic acids is 1. The van der Waals surface area contributed by atoms with E-state index >= 15 is 0 Å². The zero-order valence-electron chi connectivity index (χ0n) is 10.6. The van der Waals surface area contributed by atoms with E-state index < -0.39 is 10.1 Å². The quantitative estimate of drug-likeness (QED) is 0.821. The molecule has 0 atom stereocenters. The lowest BCUT2D eigenvalue weighted by molar-refractivity contribution is 0.252. The van der Waals surface area contributed by atoms with E-state index in [9.17, 15) is 13.2 Å². The van der Waals surface area contributed by atoms with Crippen molar-refractivity contribution in [3.8, 4) is 0 Å². The molecule has 1 fully saturated rings. The highest BCUT2D eigenvalue weighted by Gasteiger charge is 2.25. The van der Waals surface area contributed by atoms with Crippen molar-refractivity contribution in [1.82, 2.24) is 5.32 Å². The lowest BCUT2D eigenvalue weighted by atomic mass is 10.2. The van der Waals surface area contributed by atoms with Gasteiger partial charge in [-0.2, -0.15) is 8.42 Å². The van der Waals surface area contributed by atoms with Gasteiger partial charge in [-0.15, -0.1) is 0 Å². The number of nitrogens with zero attached hydrogens (tertiary/aromatic N) is 1. The minimum Gasteiger partial charge on any atom is -0.336 e. The average molecular weight is 284 g/mol. The molecule has 1 N–H and O–H groups in total. The Hall–Kier alpha value is -1.60. The van der Waals surface area contributed by atoms with E-state index in [2.05, 4.69) is 5.32 Å². The van der Waals surface area contributed by atoms with E-state index in [0.29, 0.717) is 24.3 Å². The van der Waals surface area contributed by atoms with Gasteiger partial charge >= 0.3 is 6.03 Å². The Kier molecular flexibility index (Phi) is 4.06. The monoisotopic (exact) mass is 284 g/mol. The summed E-state index contributed by atoms with van der Waals surface area (Å²) in [6.45, 7) is 2.82. The zero-order valence-corrected chi connectivity index (χ0v) is 11.4. The molecule has 0 spiro atoms. The first kappa shape index (κ1) is 13.8. The maximum Gasteiger partial charge on any atom is 0.322 e. The predicted molar refractivity (Wildman–Crippen MR) is 71.4 cm³/mol. The van der Waals surface area contributed by atoms with Crippen LogP contribution in [0.5, 0.6) is 0 Å². The third-order valence-corrected chi connectivity index (χ3v) is 4.03. The van der Waals surface area contributed by atoms with Crippen LogP contribution < -0.4 is 10.2 Å². The van der Waals surface area contributed by atoms with Crippen molar-refractivity contribution in [2.24, 2.45) is 0 Å². The molecule has 0 bridgehead atoms.